The van der Waals surface area contributed by atoms with Crippen molar-refractivity contribution >= 4 is 28.6 Å². The average Bonchev–Trinajstić information content (AvgIpc) is 3.34. The van der Waals surface area contributed by atoms with Gasteiger partial charge in [-0.05, 0) is 50.6 Å². The van der Waals surface area contributed by atoms with Gasteiger partial charge in [-0.25, -0.2) is 4.98 Å². The summed E-state index contributed by atoms with van der Waals surface area (Å²) in [5.74, 6) is 1.51. The molecule has 1 fully saturated rings. The standard InChI is InChI=1S/C25H25ClN4O3/c1-15-11-20(17(3)32-15)22-13-21(23-16(2)28-33-24(23)27-22)25(31)30-9-7-29(8-10-30)14-18-5-4-6-19(26)12-18/h4-6,11-13H,7-10,14H2,1-3H3. The molecule has 1 aliphatic rings. The van der Waals surface area contributed by atoms with Crippen molar-refractivity contribution in [3.8, 4) is 11.3 Å². The molecule has 0 radical (unpaired) electrons. The van der Waals surface area contributed by atoms with Crippen molar-refractivity contribution in [2.24, 2.45) is 0 Å². The lowest BCUT2D eigenvalue weighted by atomic mass is 10.0. The van der Waals surface area contributed by atoms with Gasteiger partial charge in [-0.3, -0.25) is 9.69 Å². The number of hydrogen-bond donors (Lipinski definition) is 0. The molecule has 0 atom stereocenters. The molecule has 0 aliphatic carbocycles. The minimum absolute atomic E-state index is 0.0322. The fourth-order valence-corrected chi connectivity index (χ4v) is 4.67. The van der Waals surface area contributed by atoms with Gasteiger partial charge in [0.15, 0.2) is 0 Å². The number of carbonyl (C=O) groups is 1. The van der Waals surface area contributed by atoms with Gasteiger partial charge < -0.3 is 13.8 Å². The van der Waals surface area contributed by atoms with E-state index in [1.807, 2.05) is 56.0 Å². The zero-order chi connectivity index (χ0) is 23.1. The maximum absolute atomic E-state index is 13.6. The Labute approximate surface area is 196 Å². The van der Waals surface area contributed by atoms with Gasteiger partial charge in [-0.1, -0.05) is 28.9 Å². The van der Waals surface area contributed by atoms with E-state index in [0.717, 1.165) is 41.7 Å². The number of furan rings is 1. The van der Waals surface area contributed by atoms with Crippen LogP contribution in [0.25, 0.3) is 22.4 Å². The smallest absolute Gasteiger partial charge is 0.259 e. The monoisotopic (exact) mass is 464 g/mol. The quantitative estimate of drug-likeness (QED) is 0.422. The van der Waals surface area contributed by atoms with Crippen LogP contribution in [0.3, 0.4) is 0 Å². The van der Waals surface area contributed by atoms with Gasteiger partial charge in [0.05, 0.1) is 22.3 Å². The highest BCUT2D eigenvalue weighted by Gasteiger charge is 2.27. The van der Waals surface area contributed by atoms with Crippen molar-refractivity contribution < 1.29 is 13.7 Å². The molecule has 7 nitrogen and oxygen atoms in total. The third-order valence-electron chi connectivity index (χ3n) is 6.12. The Bertz CT molecular complexity index is 1330. The molecule has 1 amide bonds. The second kappa shape index (κ2) is 8.65. The summed E-state index contributed by atoms with van der Waals surface area (Å²) >= 11 is 6.12. The number of amides is 1. The highest BCUT2D eigenvalue weighted by atomic mass is 35.5. The third kappa shape index (κ3) is 4.26. The fourth-order valence-electron chi connectivity index (χ4n) is 4.46. The number of hydrogen-bond acceptors (Lipinski definition) is 6. The Morgan fingerprint density at radius 1 is 1.09 bits per heavy atom. The maximum atomic E-state index is 13.6. The lowest BCUT2D eigenvalue weighted by Crippen LogP contribution is -2.48. The molecule has 4 heterocycles. The predicted molar refractivity (Wildman–Crippen MR) is 126 cm³/mol. The van der Waals surface area contributed by atoms with Gasteiger partial charge >= 0.3 is 0 Å². The molecule has 4 aromatic rings. The minimum Gasteiger partial charge on any atom is -0.466 e. The Hall–Kier alpha value is -3.16. The van der Waals surface area contributed by atoms with Crippen LogP contribution in [0.4, 0.5) is 0 Å². The van der Waals surface area contributed by atoms with E-state index < -0.39 is 0 Å². The number of halogens is 1. The highest BCUT2D eigenvalue weighted by molar-refractivity contribution is 6.30. The first kappa shape index (κ1) is 21.7. The first-order chi connectivity index (χ1) is 15.9. The molecule has 1 saturated heterocycles. The summed E-state index contributed by atoms with van der Waals surface area (Å²) in [6.45, 7) is 9.31. The van der Waals surface area contributed by atoms with Crippen LogP contribution in [-0.2, 0) is 6.54 Å². The van der Waals surface area contributed by atoms with E-state index in [1.165, 1.54) is 5.56 Å². The molecule has 0 unspecified atom stereocenters. The Morgan fingerprint density at radius 2 is 1.88 bits per heavy atom. The number of aryl methyl sites for hydroxylation is 3. The Balaban J connectivity index is 1.39. The van der Waals surface area contributed by atoms with Crippen LogP contribution in [0.2, 0.25) is 5.02 Å². The number of fused-ring (bicyclic) bond motifs is 1. The number of pyridine rings is 1. The first-order valence-corrected chi connectivity index (χ1v) is 11.4. The SMILES string of the molecule is Cc1cc(-c2cc(C(=O)N3CCN(Cc4cccc(Cl)c4)CC3)c3c(C)noc3n2)c(C)o1. The number of benzene rings is 1. The summed E-state index contributed by atoms with van der Waals surface area (Å²) in [7, 11) is 0. The average molecular weight is 465 g/mol. The van der Waals surface area contributed by atoms with E-state index in [9.17, 15) is 4.79 Å². The van der Waals surface area contributed by atoms with Gasteiger partial charge in [-0.15, -0.1) is 0 Å². The molecule has 3 aromatic heterocycles. The normalized spacial score (nSPS) is 14.8. The Morgan fingerprint density at radius 3 is 2.58 bits per heavy atom. The summed E-state index contributed by atoms with van der Waals surface area (Å²) in [5, 5.41) is 5.47. The van der Waals surface area contributed by atoms with Gasteiger partial charge in [-0.2, -0.15) is 0 Å². The van der Waals surface area contributed by atoms with Crippen LogP contribution >= 0.6 is 11.6 Å². The molecule has 8 heteroatoms. The Kier molecular flexibility index (Phi) is 5.68. The van der Waals surface area contributed by atoms with Crippen LogP contribution in [0.5, 0.6) is 0 Å². The van der Waals surface area contributed by atoms with Crippen LogP contribution in [0.1, 0.15) is 33.1 Å². The van der Waals surface area contributed by atoms with E-state index in [0.29, 0.717) is 41.1 Å². The molecule has 0 N–H and O–H groups in total. The highest BCUT2D eigenvalue weighted by Crippen LogP contribution is 2.31. The minimum atomic E-state index is -0.0322. The maximum Gasteiger partial charge on any atom is 0.259 e. The molecule has 0 spiro atoms. The molecule has 1 aromatic carbocycles. The van der Waals surface area contributed by atoms with Crippen molar-refractivity contribution in [2.45, 2.75) is 27.3 Å². The first-order valence-electron chi connectivity index (χ1n) is 11.0. The van der Waals surface area contributed by atoms with Crippen molar-refractivity contribution in [1.29, 1.82) is 0 Å². The molecular weight excluding hydrogens is 440 g/mol. The predicted octanol–water partition coefficient (Wildman–Crippen LogP) is 5.02. The number of aromatic nitrogens is 2. The van der Waals surface area contributed by atoms with Crippen molar-refractivity contribution in [3.63, 3.8) is 0 Å². The van der Waals surface area contributed by atoms with Gasteiger partial charge in [0.1, 0.15) is 11.5 Å². The lowest BCUT2D eigenvalue weighted by Gasteiger charge is -2.35. The van der Waals surface area contributed by atoms with E-state index in [4.69, 9.17) is 20.5 Å². The molecule has 33 heavy (non-hydrogen) atoms. The number of rotatable bonds is 4. The lowest BCUT2D eigenvalue weighted by molar-refractivity contribution is 0.0630. The van der Waals surface area contributed by atoms with Crippen LogP contribution in [0, 0.1) is 20.8 Å². The summed E-state index contributed by atoms with van der Waals surface area (Å²) < 4.78 is 11.1. The van der Waals surface area contributed by atoms with E-state index >= 15 is 0 Å². The molecule has 0 bridgehead atoms. The van der Waals surface area contributed by atoms with Crippen molar-refractivity contribution in [2.75, 3.05) is 26.2 Å². The third-order valence-corrected chi connectivity index (χ3v) is 6.35. The topological polar surface area (TPSA) is 75.6 Å². The second-order valence-corrected chi connectivity index (χ2v) is 8.96. The van der Waals surface area contributed by atoms with Crippen LogP contribution < -0.4 is 0 Å². The molecule has 5 rings (SSSR count). The van der Waals surface area contributed by atoms with Crippen molar-refractivity contribution in [3.05, 3.63) is 69.8 Å². The van der Waals surface area contributed by atoms with E-state index in [1.54, 1.807) is 0 Å². The van der Waals surface area contributed by atoms with Crippen molar-refractivity contribution in [1.82, 2.24) is 19.9 Å². The zero-order valence-corrected chi connectivity index (χ0v) is 19.6. The summed E-state index contributed by atoms with van der Waals surface area (Å²) in [5.41, 5.74) is 4.27. The molecule has 170 valence electrons. The van der Waals surface area contributed by atoms with Gasteiger partial charge in [0, 0.05) is 43.3 Å². The largest absolute Gasteiger partial charge is 0.466 e. The number of nitrogens with zero attached hydrogens (tertiary/aromatic N) is 4. The zero-order valence-electron chi connectivity index (χ0n) is 18.9. The summed E-state index contributed by atoms with van der Waals surface area (Å²) in [4.78, 5) is 22.5. The van der Waals surface area contributed by atoms with Crippen LogP contribution in [0.15, 0.2) is 45.3 Å². The van der Waals surface area contributed by atoms with Crippen LogP contribution in [-0.4, -0.2) is 52.0 Å². The number of carbonyl (C=O) groups excluding carboxylic acids is 1. The number of piperazine rings is 1. The van der Waals surface area contributed by atoms with E-state index in [-0.39, 0.29) is 5.91 Å². The van der Waals surface area contributed by atoms with Gasteiger partial charge in [0.25, 0.3) is 11.6 Å². The summed E-state index contributed by atoms with van der Waals surface area (Å²) in [6, 6.07) is 11.7. The molecule has 1 aliphatic heterocycles. The second-order valence-electron chi connectivity index (χ2n) is 8.53. The molecule has 0 saturated carbocycles. The van der Waals surface area contributed by atoms with Gasteiger partial charge in [0.2, 0.25) is 0 Å². The summed E-state index contributed by atoms with van der Waals surface area (Å²) in [6.07, 6.45) is 0. The molecular formula is C25H25ClN4O3. The van der Waals surface area contributed by atoms with E-state index in [2.05, 4.69) is 21.1 Å². The fraction of sp³-hybridized carbons (Fsp3) is 0.320.